The molecule has 0 unspecified atom stereocenters. The Morgan fingerprint density at radius 2 is 1.29 bits per heavy atom. The zero-order valence-electron chi connectivity index (χ0n) is 29.5. The van der Waals surface area contributed by atoms with Gasteiger partial charge in [0.2, 0.25) is 5.91 Å². The molecule has 270 valence electrons. The SMILES string of the molecule is CCCCCCCCC/C=C(/CS[C@@H]1O[C@H](CO)[C@@H](O)[C@H](O)[C@H]1NC(C)=O)P(=O)(O)O.CCN(CC)CC.CCN(CC)CC. The molecule has 1 fully saturated rings. The number of rotatable bonds is 20. The summed E-state index contributed by atoms with van der Waals surface area (Å²) >= 11 is 1.01. The number of nitrogens with zero attached hydrogens (tertiary/aromatic N) is 2. The number of hydrogen-bond acceptors (Lipinski definition) is 9. The van der Waals surface area contributed by atoms with Crippen LogP contribution >= 0.6 is 19.4 Å². The largest absolute Gasteiger partial charge is 0.394 e. The summed E-state index contributed by atoms with van der Waals surface area (Å²) in [6, 6.07) is -0.985. The molecular weight excluding hydrogens is 617 g/mol. The molecule has 0 aromatic carbocycles. The summed E-state index contributed by atoms with van der Waals surface area (Å²) < 4.78 is 17.5. The van der Waals surface area contributed by atoms with Crippen molar-refractivity contribution in [2.75, 3.05) is 51.6 Å². The molecule has 5 atom stereocenters. The maximum Gasteiger partial charge on any atom is 0.352 e. The number of thioether (sulfide) groups is 1. The van der Waals surface area contributed by atoms with Crippen LogP contribution in [0.2, 0.25) is 0 Å². The molecular formula is C32H68N3O8PS. The van der Waals surface area contributed by atoms with E-state index < -0.39 is 49.9 Å². The highest BCUT2D eigenvalue weighted by molar-refractivity contribution is 8.00. The van der Waals surface area contributed by atoms with Crippen LogP contribution < -0.4 is 5.32 Å². The maximum atomic E-state index is 11.9. The normalized spacial score (nSPS) is 22.0. The van der Waals surface area contributed by atoms with Crippen LogP contribution in [0.5, 0.6) is 0 Å². The topological polar surface area (TPSA) is 163 Å². The van der Waals surface area contributed by atoms with Gasteiger partial charge in [0, 0.05) is 18.0 Å². The first-order chi connectivity index (χ1) is 21.3. The number of ether oxygens (including phenoxy) is 1. The summed E-state index contributed by atoms with van der Waals surface area (Å²) in [5.74, 6) is -0.514. The number of nitrogens with one attached hydrogen (secondary N) is 1. The monoisotopic (exact) mass is 685 g/mol. The molecule has 11 nitrogen and oxygen atoms in total. The van der Waals surface area contributed by atoms with E-state index in [1.807, 2.05) is 0 Å². The molecule has 0 spiro atoms. The molecule has 0 aromatic rings. The maximum absolute atomic E-state index is 11.9. The lowest BCUT2D eigenvalue weighted by Gasteiger charge is -2.42. The van der Waals surface area contributed by atoms with E-state index in [1.54, 1.807) is 6.08 Å². The lowest BCUT2D eigenvalue weighted by atomic mass is 9.98. The molecule has 13 heteroatoms. The van der Waals surface area contributed by atoms with Gasteiger partial charge in [0.05, 0.1) is 12.6 Å². The number of hydrogen-bond donors (Lipinski definition) is 6. The molecule has 0 aromatic heterocycles. The van der Waals surface area contributed by atoms with E-state index in [-0.39, 0.29) is 11.1 Å². The summed E-state index contributed by atoms with van der Waals surface area (Å²) in [6.45, 7) is 23.1. The number of carbonyl (C=O) groups excluding carboxylic acids is 1. The van der Waals surface area contributed by atoms with Crippen molar-refractivity contribution in [3.05, 3.63) is 11.4 Å². The molecule has 0 aliphatic carbocycles. The van der Waals surface area contributed by atoms with Gasteiger partial charge in [0.15, 0.2) is 0 Å². The predicted octanol–water partition coefficient (Wildman–Crippen LogP) is 4.56. The van der Waals surface area contributed by atoms with E-state index in [2.05, 4.69) is 63.6 Å². The van der Waals surface area contributed by atoms with E-state index in [9.17, 15) is 34.5 Å². The first-order valence-corrected chi connectivity index (χ1v) is 19.7. The van der Waals surface area contributed by atoms with Gasteiger partial charge in [-0.1, -0.05) is 93.1 Å². The Labute approximate surface area is 278 Å². The van der Waals surface area contributed by atoms with Crippen molar-refractivity contribution < 1.29 is 39.2 Å². The van der Waals surface area contributed by atoms with Gasteiger partial charge < -0.3 is 45.0 Å². The van der Waals surface area contributed by atoms with Crippen LogP contribution in [0.25, 0.3) is 0 Å². The molecule has 6 N–H and O–H groups in total. The smallest absolute Gasteiger partial charge is 0.352 e. The van der Waals surface area contributed by atoms with Crippen molar-refractivity contribution in [2.24, 2.45) is 0 Å². The molecule has 1 heterocycles. The van der Waals surface area contributed by atoms with Crippen molar-refractivity contribution >= 4 is 25.3 Å². The predicted molar refractivity (Wildman–Crippen MR) is 187 cm³/mol. The quantitative estimate of drug-likeness (QED) is 0.0787. The summed E-state index contributed by atoms with van der Waals surface area (Å²) in [5, 5.41) is 32.2. The van der Waals surface area contributed by atoms with Crippen LogP contribution in [-0.2, 0) is 14.1 Å². The Kier molecular flexibility index (Phi) is 29.5. The van der Waals surface area contributed by atoms with Crippen molar-refractivity contribution in [3.8, 4) is 0 Å². The minimum Gasteiger partial charge on any atom is -0.394 e. The Bertz CT molecular complexity index is 773. The molecule has 0 bridgehead atoms. The van der Waals surface area contributed by atoms with Crippen molar-refractivity contribution in [2.45, 2.75) is 137 Å². The van der Waals surface area contributed by atoms with Gasteiger partial charge in [-0.3, -0.25) is 9.36 Å². The molecule has 45 heavy (non-hydrogen) atoms. The van der Waals surface area contributed by atoms with Crippen LogP contribution in [-0.4, -0.2) is 122 Å². The van der Waals surface area contributed by atoms with Gasteiger partial charge in [0.25, 0.3) is 0 Å². The summed E-state index contributed by atoms with van der Waals surface area (Å²) in [7, 11) is -4.47. The van der Waals surface area contributed by atoms with E-state index in [4.69, 9.17) is 4.74 Å². The number of unbranched alkanes of at least 4 members (excludes halogenated alkanes) is 7. The molecule has 1 aliphatic rings. The third-order valence-corrected chi connectivity index (χ3v) is 10.4. The van der Waals surface area contributed by atoms with Gasteiger partial charge in [-0.15, -0.1) is 11.8 Å². The van der Waals surface area contributed by atoms with Crippen LogP contribution in [0.1, 0.15) is 107 Å². The van der Waals surface area contributed by atoms with Crippen molar-refractivity contribution in [3.63, 3.8) is 0 Å². The van der Waals surface area contributed by atoms with Crippen LogP contribution in [0.3, 0.4) is 0 Å². The Balaban J connectivity index is 0. The minimum atomic E-state index is -4.47. The standard InChI is InChI=1S/C20H38NO8PS.2C6H15N/c1-3-4-5-6-7-8-9-10-11-15(30(26,27)28)13-31-20-17(21-14(2)23)19(25)18(24)16(12-22)29-20;2*1-4-7(5-2)6-3/h11,16-20,22,24-25H,3-10,12-13H2,1-2H3,(H,21,23)(H2,26,27,28);2*4-6H2,1-3H3/b15-11-;;/t16-,17-,18-,19-,20+;;/m1../s1. The van der Waals surface area contributed by atoms with Crippen LogP contribution in [0, 0.1) is 0 Å². The van der Waals surface area contributed by atoms with Gasteiger partial charge in [-0.2, -0.15) is 0 Å². The Morgan fingerprint density at radius 1 is 0.822 bits per heavy atom. The second kappa shape index (κ2) is 28.5. The fourth-order valence-corrected chi connectivity index (χ4v) is 7.13. The number of aliphatic hydroxyl groups excluding tert-OH is 3. The zero-order valence-corrected chi connectivity index (χ0v) is 31.2. The Morgan fingerprint density at radius 3 is 1.67 bits per heavy atom. The van der Waals surface area contributed by atoms with Crippen molar-refractivity contribution in [1.29, 1.82) is 0 Å². The summed E-state index contributed by atoms with van der Waals surface area (Å²) in [4.78, 5) is 35.6. The third kappa shape index (κ3) is 21.9. The lowest BCUT2D eigenvalue weighted by Crippen LogP contribution is -2.63. The Hall–Kier alpha value is -0.530. The highest BCUT2D eigenvalue weighted by Gasteiger charge is 2.45. The van der Waals surface area contributed by atoms with Crippen LogP contribution in [0.4, 0.5) is 0 Å². The fourth-order valence-electron chi connectivity index (χ4n) is 4.75. The average molecular weight is 686 g/mol. The van der Waals surface area contributed by atoms with Gasteiger partial charge in [-0.05, 0) is 52.1 Å². The molecule has 1 amide bonds. The summed E-state index contributed by atoms with van der Waals surface area (Å²) in [5.41, 5.74) is -0.895. The minimum absolute atomic E-state index is 0.0326. The lowest BCUT2D eigenvalue weighted by molar-refractivity contribution is -0.173. The molecule has 0 radical (unpaired) electrons. The van der Waals surface area contributed by atoms with Gasteiger partial charge >= 0.3 is 7.60 Å². The molecule has 1 aliphatic heterocycles. The van der Waals surface area contributed by atoms with E-state index in [0.29, 0.717) is 6.42 Å². The van der Waals surface area contributed by atoms with E-state index >= 15 is 0 Å². The first-order valence-electron chi connectivity index (χ1n) is 17.0. The molecule has 0 saturated carbocycles. The number of amides is 1. The highest BCUT2D eigenvalue weighted by atomic mass is 32.2. The molecule has 1 rings (SSSR count). The van der Waals surface area contributed by atoms with Crippen molar-refractivity contribution in [1.82, 2.24) is 15.1 Å². The number of carbonyl (C=O) groups is 1. The molecule has 1 saturated heterocycles. The summed E-state index contributed by atoms with van der Waals surface area (Å²) in [6.07, 6.45) is 6.01. The third-order valence-electron chi connectivity index (χ3n) is 7.89. The number of aliphatic hydroxyl groups is 3. The highest BCUT2D eigenvalue weighted by Crippen LogP contribution is 2.47. The second-order valence-corrected chi connectivity index (χ2v) is 13.9. The van der Waals surface area contributed by atoms with Crippen LogP contribution in [0.15, 0.2) is 11.4 Å². The number of allylic oxidation sites excluding steroid dienone is 1. The zero-order chi connectivity index (χ0) is 34.8. The average Bonchev–Trinajstić information content (AvgIpc) is 3.00. The van der Waals surface area contributed by atoms with E-state index in [1.165, 1.54) is 71.9 Å². The second-order valence-electron chi connectivity index (χ2n) is 11.1. The van der Waals surface area contributed by atoms with E-state index in [0.717, 1.165) is 31.0 Å². The van der Waals surface area contributed by atoms with Gasteiger partial charge in [-0.25, -0.2) is 0 Å². The van der Waals surface area contributed by atoms with Gasteiger partial charge in [0.1, 0.15) is 23.7 Å². The fraction of sp³-hybridized carbons (Fsp3) is 0.906. The first kappa shape index (κ1) is 46.6.